The Balaban J connectivity index is 2.62. The van der Waals surface area contributed by atoms with Gasteiger partial charge >= 0.3 is 0 Å². The highest BCUT2D eigenvalue weighted by molar-refractivity contribution is 6.31. The maximum absolute atomic E-state index is 9.07. The molecule has 2 nitrogen and oxygen atoms in total. The molecular weight excluding hydrogens is 212 g/mol. The summed E-state index contributed by atoms with van der Waals surface area (Å²) >= 11 is 5.90. The number of ether oxygens (including phenoxy) is 1. The molecule has 0 aliphatic rings. The van der Waals surface area contributed by atoms with Crippen LogP contribution < -0.4 is 4.74 Å². The lowest BCUT2D eigenvalue weighted by Gasteiger charge is -2.21. The third-order valence-corrected chi connectivity index (χ3v) is 2.61. The molecule has 0 aromatic heterocycles. The molecule has 84 valence electrons. The molecule has 0 unspecified atom stereocenters. The van der Waals surface area contributed by atoms with E-state index in [4.69, 9.17) is 21.4 Å². The number of rotatable bonds is 4. The van der Waals surface area contributed by atoms with Crippen molar-refractivity contribution in [3.05, 3.63) is 28.8 Å². The van der Waals surface area contributed by atoms with E-state index >= 15 is 0 Å². The predicted molar refractivity (Wildman–Crippen MR) is 62.6 cm³/mol. The average molecular weight is 229 g/mol. The van der Waals surface area contributed by atoms with Gasteiger partial charge < -0.3 is 9.84 Å². The quantitative estimate of drug-likeness (QED) is 0.859. The fraction of sp³-hybridized carbons (Fsp3) is 0.500. The maximum Gasteiger partial charge on any atom is 0.119 e. The molecule has 0 saturated carbocycles. The van der Waals surface area contributed by atoms with Crippen LogP contribution >= 0.6 is 11.6 Å². The zero-order chi connectivity index (χ0) is 11.5. The van der Waals surface area contributed by atoms with Crippen LogP contribution in [0.3, 0.4) is 0 Å². The van der Waals surface area contributed by atoms with Crippen molar-refractivity contribution in [2.24, 2.45) is 5.41 Å². The zero-order valence-electron chi connectivity index (χ0n) is 9.38. The Morgan fingerprint density at radius 2 is 2.07 bits per heavy atom. The van der Waals surface area contributed by atoms with Crippen molar-refractivity contribution in [2.75, 3.05) is 13.2 Å². The molecule has 0 radical (unpaired) electrons. The van der Waals surface area contributed by atoms with Crippen LogP contribution in [0.25, 0.3) is 0 Å². The normalized spacial score (nSPS) is 11.5. The molecule has 15 heavy (non-hydrogen) atoms. The van der Waals surface area contributed by atoms with E-state index in [9.17, 15) is 0 Å². The van der Waals surface area contributed by atoms with Crippen molar-refractivity contribution >= 4 is 11.6 Å². The smallest absolute Gasteiger partial charge is 0.119 e. The van der Waals surface area contributed by atoms with Gasteiger partial charge in [0.1, 0.15) is 5.75 Å². The molecule has 0 aliphatic heterocycles. The molecule has 0 spiro atoms. The highest BCUT2D eigenvalue weighted by Gasteiger charge is 2.17. The molecule has 0 saturated heterocycles. The fourth-order valence-corrected chi connectivity index (χ4v) is 1.15. The first-order chi connectivity index (χ1) is 6.94. The Kier molecular flexibility index (Phi) is 4.00. The standard InChI is InChI=1S/C12H17ClO2/c1-9-6-10(4-5-11(9)13)15-8-12(2,3)7-14/h4-6,14H,7-8H2,1-3H3. The van der Waals surface area contributed by atoms with Gasteiger partial charge in [0.2, 0.25) is 0 Å². The number of hydrogen-bond acceptors (Lipinski definition) is 2. The molecule has 0 aliphatic carbocycles. The van der Waals surface area contributed by atoms with Gasteiger partial charge in [-0.1, -0.05) is 25.4 Å². The number of halogens is 1. The van der Waals surface area contributed by atoms with Crippen LogP contribution in [0.4, 0.5) is 0 Å². The van der Waals surface area contributed by atoms with Crippen LogP contribution in [0.2, 0.25) is 5.02 Å². The van der Waals surface area contributed by atoms with Crippen LogP contribution in [0.5, 0.6) is 5.75 Å². The van der Waals surface area contributed by atoms with Crippen molar-refractivity contribution < 1.29 is 9.84 Å². The molecule has 0 bridgehead atoms. The zero-order valence-corrected chi connectivity index (χ0v) is 10.1. The van der Waals surface area contributed by atoms with Crippen LogP contribution in [0.1, 0.15) is 19.4 Å². The first kappa shape index (κ1) is 12.3. The van der Waals surface area contributed by atoms with Gasteiger partial charge in [-0.25, -0.2) is 0 Å². The third kappa shape index (κ3) is 3.73. The summed E-state index contributed by atoms with van der Waals surface area (Å²) in [5.41, 5.74) is 0.782. The second-order valence-electron chi connectivity index (χ2n) is 4.52. The molecular formula is C12H17ClO2. The Bertz CT molecular complexity index is 334. The Hall–Kier alpha value is -0.730. The van der Waals surface area contributed by atoms with Gasteiger partial charge in [-0.05, 0) is 30.7 Å². The second-order valence-corrected chi connectivity index (χ2v) is 4.93. The minimum Gasteiger partial charge on any atom is -0.493 e. The van der Waals surface area contributed by atoms with Crippen LogP contribution in [0, 0.1) is 12.3 Å². The molecule has 0 heterocycles. The van der Waals surface area contributed by atoms with E-state index < -0.39 is 0 Å². The number of benzene rings is 1. The summed E-state index contributed by atoms with van der Waals surface area (Å²) in [6.45, 7) is 6.45. The largest absolute Gasteiger partial charge is 0.493 e. The summed E-state index contributed by atoms with van der Waals surface area (Å²) in [6, 6.07) is 5.55. The van der Waals surface area contributed by atoms with E-state index in [1.807, 2.05) is 39.0 Å². The van der Waals surface area contributed by atoms with Crippen molar-refractivity contribution in [2.45, 2.75) is 20.8 Å². The number of aliphatic hydroxyl groups is 1. The third-order valence-electron chi connectivity index (χ3n) is 2.19. The van der Waals surface area contributed by atoms with Gasteiger partial charge in [-0.2, -0.15) is 0 Å². The molecule has 1 aromatic carbocycles. The van der Waals surface area contributed by atoms with E-state index in [2.05, 4.69) is 0 Å². The van der Waals surface area contributed by atoms with Crippen molar-refractivity contribution in [3.8, 4) is 5.75 Å². The Morgan fingerprint density at radius 3 is 2.60 bits per heavy atom. The minimum absolute atomic E-state index is 0.111. The lowest BCUT2D eigenvalue weighted by Crippen LogP contribution is -2.25. The second kappa shape index (κ2) is 4.86. The van der Waals surface area contributed by atoms with Crippen molar-refractivity contribution in [1.29, 1.82) is 0 Å². The van der Waals surface area contributed by atoms with E-state index in [1.54, 1.807) is 0 Å². The van der Waals surface area contributed by atoms with Gasteiger partial charge in [0.25, 0.3) is 0 Å². The minimum atomic E-state index is -0.215. The molecule has 0 atom stereocenters. The average Bonchev–Trinajstić information content (AvgIpc) is 2.20. The molecule has 1 N–H and O–H groups in total. The van der Waals surface area contributed by atoms with Crippen LogP contribution in [-0.2, 0) is 0 Å². The SMILES string of the molecule is Cc1cc(OCC(C)(C)CO)ccc1Cl. The molecule has 0 fully saturated rings. The topological polar surface area (TPSA) is 29.5 Å². The summed E-state index contributed by atoms with van der Waals surface area (Å²) in [5.74, 6) is 0.790. The van der Waals surface area contributed by atoms with E-state index in [0.717, 1.165) is 16.3 Å². The van der Waals surface area contributed by atoms with Gasteiger partial charge in [0.15, 0.2) is 0 Å². The summed E-state index contributed by atoms with van der Waals surface area (Å²) in [6.07, 6.45) is 0. The summed E-state index contributed by atoms with van der Waals surface area (Å²) in [7, 11) is 0. The maximum atomic E-state index is 9.07. The first-order valence-corrected chi connectivity index (χ1v) is 5.32. The lowest BCUT2D eigenvalue weighted by atomic mass is 9.96. The van der Waals surface area contributed by atoms with Gasteiger partial charge in [0, 0.05) is 10.4 Å². The molecule has 3 heteroatoms. The van der Waals surface area contributed by atoms with Crippen LogP contribution in [0.15, 0.2) is 18.2 Å². The Labute approximate surface area is 95.8 Å². The summed E-state index contributed by atoms with van der Waals surface area (Å²) in [4.78, 5) is 0. The number of hydrogen-bond donors (Lipinski definition) is 1. The fourth-order valence-electron chi connectivity index (χ4n) is 1.03. The summed E-state index contributed by atoms with van der Waals surface area (Å²) in [5, 5.41) is 9.81. The van der Waals surface area contributed by atoms with Crippen LogP contribution in [-0.4, -0.2) is 18.3 Å². The Morgan fingerprint density at radius 1 is 1.40 bits per heavy atom. The van der Waals surface area contributed by atoms with E-state index in [0.29, 0.717) is 6.61 Å². The van der Waals surface area contributed by atoms with E-state index in [1.165, 1.54) is 0 Å². The van der Waals surface area contributed by atoms with E-state index in [-0.39, 0.29) is 12.0 Å². The lowest BCUT2D eigenvalue weighted by molar-refractivity contribution is 0.0975. The van der Waals surface area contributed by atoms with Gasteiger partial charge in [-0.3, -0.25) is 0 Å². The monoisotopic (exact) mass is 228 g/mol. The van der Waals surface area contributed by atoms with Crippen molar-refractivity contribution in [3.63, 3.8) is 0 Å². The number of aliphatic hydroxyl groups excluding tert-OH is 1. The van der Waals surface area contributed by atoms with Gasteiger partial charge in [0.05, 0.1) is 13.2 Å². The highest BCUT2D eigenvalue weighted by atomic mass is 35.5. The summed E-state index contributed by atoms with van der Waals surface area (Å²) < 4.78 is 5.58. The number of aryl methyl sites for hydroxylation is 1. The molecule has 1 rings (SSSR count). The molecule has 1 aromatic rings. The van der Waals surface area contributed by atoms with Gasteiger partial charge in [-0.15, -0.1) is 0 Å². The first-order valence-electron chi connectivity index (χ1n) is 4.94. The van der Waals surface area contributed by atoms with Crippen molar-refractivity contribution in [1.82, 2.24) is 0 Å². The predicted octanol–water partition coefficient (Wildman–Crippen LogP) is 3.05. The molecule has 0 amide bonds. The highest BCUT2D eigenvalue weighted by Crippen LogP contribution is 2.23.